The summed E-state index contributed by atoms with van der Waals surface area (Å²) in [4.78, 5) is 0. The van der Waals surface area contributed by atoms with Crippen molar-refractivity contribution in [3.8, 4) is 5.75 Å². The highest BCUT2D eigenvalue weighted by atomic mass is 19.1. The Balaban J connectivity index is 1.97. The summed E-state index contributed by atoms with van der Waals surface area (Å²) >= 11 is 0. The molecule has 1 N–H and O–H groups in total. The van der Waals surface area contributed by atoms with Crippen LogP contribution < -0.4 is 4.74 Å². The van der Waals surface area contributed by atoms with Crippen LogP contribution in [0.1, 0.15) is 24.8 Å². The Labute approximate surface area is 88.7 Å². The lowest BCUT2D eigenvalue weighted by molar-refractivity contribution is 0.252. The third-order valence-electron chi connectivity index (χ3n) is 2.69. The molecule has 0 aliphatic heterocycles. The molecule has 1 aromatic rings. The highest BCUT2D eigenvalue weighted by Crippen LogP contribution is 2.32. The molecule has 1 aliphatic carbocycles. The molecule has 0 amide bonds. The van der Waals surface area contributed by atoms with Crippen LogP contribution in [-0.2, 0) is 6.61 Å². The normalized spacial score (nSPS) is 15.3. The number of rotatable bonds is 5. The summed E-state index contributed by atoms with van der Waals surface area (Å²) in [7, 11) is 0. The van der Waals surface area contributed by atoms with E-state index in [1.807, 2.05) is 0 Å². The molecule has 0 aromatic heterocycles. The zero-order valence-corrected chi connectivity index (χ0v) is 8.58. The molecule has 3 heteroatoms. The first-order chi connectivity index (χ1) is 7.31. The Kier molecular flexibility index (Phi) is 3.21. The van der Waals surface area contributed by atoms with Crippen LogP contribution in [0.3, 0.4) is 0 Å². The molecule has 0 saturated heterocycles. The van der Waals surface area contributed by atoms with Crippen LogP contribution in [0.2, 0.25) is 0 Å². The summed E-state index contributed by atoms with van der Waals surface area (Å²) in [5.74, 6) is 0.590. The fourth-order valence-electron chi connectivity index (χ4n) is 1.57. The van der Waals surface area contributed by atoms with E-state index in [9.17, 15) is 4.39 Å². The van der Waals surface area contributed by atoms with Crippen LogP contribution in [-0.4, -0.2) is 11.7 Å². The summed E-state index contributed by atoms with van der Waals surface area (Å²) in [6.45, 7) is 0.356. The summed E-state index contributed by atoms with van der Waals surface area (Å²) in [5.41, 5.74) is 0.519. The first kappa shape index (κ1) is 10.4. The molecule has 15 heavy (non-hydrogen) atoms. The summed E-state index contributed by atoms with van der Waals surface area (Å²) in [5, 5.41) is 9.02. The maximum Gasteiger partial charge on any atom is 0.165 e. The van der Waals surface area contributed by atoms with E-state index in [1.165, 1.54) is 18.9 Å². The average Bonchev–Trinajstić information content (AvgIpc) is 3.04. The molecule has 2 rings (SSSR count). The largest absolute Gasteiger partial charge is 0.490 e. The van der Waals surface area contributed by atoms with Crippen molar-refractivity contribution >= 4 is 0 Å². The molecule has 2 nitrogen and oxygen atoms in total. The van der Waals surface area contributed by atoms with E-state index in [-0.39, 0.29) is 12.4 Å². The number of aliphatic hydroxyl groups is 1. The van der Waals surface area contributed by atoms with Gasteiger partial charge in [0.05, 0.1) is 13.2 Å². The van der Waals surface area contributed by atoms with Gasteiger partial charge in [-0.25, -0.2) is 4.39 Å². The van der Waals surface area contributed by atoms with Gasteiger partial charge in [0.2, 0.25) is 0 Å². The minimum atomic E-state index is -0.391. The Morgan fingerprint density at radius 3 is 2.87 bits per heavy atom. The van der Waals surface area contributed by atoms with Crippen molar-refractivity contribution in [3.05, 3.63) is 29.6 Å². The van der Waals surface area contributed by atoms with Crippen molar-refractivity contribution < 1.29 is 14.2 Å². The standard InChI is InChI=1S/C12H15FO2/c13-11-3-1-2-10(8-14)12(11)15-7-6-9-4-5-9/h1-3,9,14H,4-8H2. The minimum Gasteiger partial charge on any atom is -0.490 e. The number of benzene rings is 1. The van der Waals surface area contributed by atoms with Gasteiger partial charge in [-0.05, 0) is 18.4 Å². The van der Waals surface area contributed by atoms with Gasteiger partial charge < -0.3 is 9.84 Å². The fourth-order valence-corrected chi connectivity index (χ4v) is 1.57. The van der Waals surface area contributed by atoms with E-state index < -0.39 is 5.82 Å². The SMILES string of the molecule is OCc1cccc(F)c1OCCC1CC1. The molecule has 82 valence electrons. The Bertz CT molecular complexity index is 334. The van der Waals surface area contributed by atoms with Gasteiger partial charge in [-0.3, -0.25) is 0 Å². The number of ether oxygens (including phenoxy) is 1. The zero-order chi connectivity index (χ0) is 10.7. The van der Waals surface area contributed by atoms with Gasteiger partial charge in [0.25, 0.3) is 0 Å². The van der Waals surface area contributed by atoms with E-state index in [4.69, 9.17) is 9.84 Å². The maximum atomic E-state index is 13.3. The van der Waals surface area contributed by atoms with Crippen molar-refractivity contribution in [1.82, 2.24) is 0 Å². The minimum absolute atomic E-state index is 0.184. The van der Waals surface area contributed by atoms with Crippen LogP contribution >= 0.6 is 0 Å². The van der Waals surface area contributed by atoms with Crippen LogP contribution in [0.15, 0.2) is 18.2 Å². The van der Waals surface area contributed by atoms with Crippen molar-refractivity contribution in [2.24, 2.45) is 5.92 Å². The van der Waals surface area contributed by atoms with Crippen LogP contribution in [0.5, 0.6) is 5.75 Å². The third kappa shape index (κ3) is 2.69. The number of aliphatic hydroxyl groups excluding tert-OH is 1. The highest BCUT2D eigenvalue weighted by Gasteiger charge is 2.21. The number of hydrogen-bond donors (Lipinski definition) is 1. The Hall–Kier alpha value is -1.09. The van der Waals surface area contributed by atoms with Crippen LogP contribution in [0.25, 0.3) is 0 Å². The molecular weight excluding hydrogens is 195 g/mol. The van der Waals surface area contributed by atoms with Crippen molar-refractivity contribution in [2.75, 3.05) is 6.61 Å². The van der Waals surface area contributed by atoms with E-state index in [0.29, 0.717) is 12.2 Å². The summed E-state index contributed by atoms with van der Waals surface area (Å²) in [6, 6.07) is 4.61. The van der Waals surface area contributed by atoms with Gasteiger partial charge in [-0.1, -0.05) is 25.0 Å². The highest BCUT2D eigenvalue weighted by molar-refractivity contribution is 5.34. The average molecular weight is 210 g/mol. The molecule has 0 heterocycles. The fraction of sp³-hybridized carbons (Fsp3) is 0.500. The van der Waals surface area contributed by atoms with Gasteiger partial charge in [-0.15, -0.1) is 0 Å². The molecule has 1 fully saturated rings. The lowest BCUT2D eigenvalue weighted by Crippen LogP contribution is -2.03. The van der Waals surface area contributed by atoms with Crippen molar-refractivity contribution in [1.29, 1.82) is 0 Å². The van der Waals surface area contributed by atoms with Gasteiger partial charge in [-0.2, -0.15) is 0 Å². The molecule has 0 spiro atoms. The van der Waals surface area contributed by atoms with Crippen LogP contribution in [0, 0.1) is 11.7 Å². The summed E-state index contributed by atoms with van der Waals surface area (Å²) < 4.78 is 18.7. The first-order valence-corrected chi connectivity index (χ1v) is 5.32. The second-order valence-electron chi connectivity index (χ2n) is 3.97. The van der Waals surface area contributed by atoms with Crippen molar-refractivity contribution in [2.45, 2.75) is 25.9 Å². The van der Waals surface area contributed by atoms with Gasteiger partial charge in [0.15, 0.2) is 11.6 Å². The van der Waals surface area contributed by atoms with Crippen molar-refractivity contribution in [3.63, 3.8) is 0 Å². The predicted molar refractivity (Wildman–Crippen MR) is 55.2 cm³/mol. The van der Waals surface area contributed by atoms with Gasteiger partial charge in [0.1, 0.15) is 0 Å². The lowest BCUT2D eigenvalue weighted by Gasteiger charge is -2.10. The lowest BCUT2D eigenvalue weighted by atomic mass is 10.2. The number of halogens is 1. The quantitative estimate of drug-likeness (QED) is 0.809. The van der Waals surface area contributed by atoms with E-state index in [2.05, 4.69) is 0 Å². The molecular formula is C12H15FO2. The van der Waals surface area contributed by atoms with E-state index >= 15 is 0 Å². The predicted octanol–water partition coefficient (Wildman–Crippen LogP) is 2.50. The molecule has 0 radical (unpaired) electrons. The molecule has 1 saturated carbocycles. The maximum absolute atomic E-state index is 13.3. The third-order valence-corrected chi connectivity index (χ3v) is 2.69. The second kappa shape index (κ2) is 4.62. The van der Waals surface area contributed by atoms with Gasteiger partial charge >= 0.3 is 0 Å². The van der Waals surface area contributed by atoms with Crippen LogP contribution in [0.4, 0.5) is 4.39 Å². The Morgan fingerprint density at radius 1 is 1.40 bits per heavy atom. The zero-order valence-electron chi connectivity index (χ0n) is 8.58. The monoisotopic (exact) mass is 210 g/mol. The van der Waals surface area contributed by atoms with E-state index in [0.717, 1.165) is 12.3 Å². The smallest absolute Gasteiger partial charge is 0.165 e. The van der Waals surface area contributed by atoms with E-state index in [1.54, 1.807) is 12.1 Å². The molecule has 1 aliphatic rings. The van der Waals surface area contributed by atoms with Gasteiger partial charge in [0, 0.05) is 5.56 Å². The first-order valence-electron chi connectivity index (χ1n) is 5.32. The topological polar surface area (TPSA) is 29.5 Å². The number of para-hydroxylation sites is 1. The number of hydrogen-bond acceptors (Lipinski definition) is 2. The molecule has 0 unspecified atom stereocenters. The molecule has 0 bridgehead atoms. The summed E-state index contributed by atoms with van der Waals surface area (Å²) in [6.07, 6.45) is 3.53. The second-order valence-corrected chi connectivity index (χ2v) is 3.97. The molecule has 0 atom stereocenters. The Morgan fingerprint density at radius 2 is 2.20 bits per heavy atom. The molecule has 1 aromatic carbocycles.